The molecule has 112 valence electrons. The molecule has 4 bridgehead atoms. The van der Waals surface area contributed by atoms with E-state index in [1.807, 2.05) is 0 Å². The predicted molar refractivity (Wildman–Crippen MR) is 79.4 cm³/mol. The number of carbonyl (C=O) groups is 1. The second-order valence-electron chi connectivity index (χ2n) is 7.39. The number of nitrogens with one attached hydrogen (secondary N) is 1. The van der Waals surface area contributed by atoms with Gasteiger partial charge in [0.2, 0.25) is 0 Å². The van der Waals surface area contributed by atoms with Crippen LogP contribution in [0.4, 0.5) is 4.39 Å². The summed E-state index contributed by atoms with van der Waals surface area (Å²) in [6.07, 6.45) is 6.59. The highest BCUT2D eigenvalue weighted by atomic mass is 19.1. The van der Waals surface area contributed by atoms with Gasteiger partial charge in [0.25, 0.3) is 5.91 Å². The summed E-state index contributed by atoms with van der Waals surface area (Å²) in [5.41, 5.74) is 1.12. The number of aryl methyl sites for hydroxylation is 1. The monoisotopic (exact) mass is 287 g/mol. The number of amides is 1. The zero-order chi connectivity index (χ0) is 14.6. The van der Waals surface area contributed by atoms with Crippen LogP contribution >= 0.6 is 0 Å². The summed E-state index contributed by atoms with van der Waals surface area (Å²) in [6, 6.07) is 4.98. The Balaban J connectivity index is 1.50. The number of rotatable bonds is 2. The van der Waals surface area contributed by atoms with Crippen molar-refractivity contribution in [3.8, 4) is 0 Å². The lowest BCUT2D eigenvalue weighted by molar-refractivity contribution is -0.0119. The third kappa shape index (κ3) is 2.27. The van der Waals surface area contributed by atoms with Crippen molar-refractivity contribution in [3.05, 3.63) is 35.1 Å². The molecule has 2 nitrogen and oxygen atoms in total. The van der Waals surface area contributed by atoms with Crippen LogP contribution in [-0.2, 0) is 0 Å². The van der Waals surface area contributed by atoms with E-state index < -0.39 is 0 Å². The van der Waals surface area contributed by atoms with Gasteiger partial charge >= 0.3 is 0 Å². The summed E-state index contributed by atoms with van der Waals surface area (Å²) in [6.45, 7) is 1.70. The van der Waals surface area contributed by atoms with Crippen LogP contribution in [0, 0.1) is 36.4 Å². The topological polar surface area (TPSA) is 29.1 Å². The van der Waals surface area contributed by atoms with Gasteiger partial charge in [-0.15, -0.1) is 0 Å². The molecule has 0 radical (unpaired) electrons. The van der Waals surface area contributed by atoms with E-state index in [0.29, 0.717) is 29.0 Å². The fourth-order valence-electron chi connectivity index (χ4n) is 5.18. The second-order valence-corrected chi connectivity index (χ2v) is 7.39. The normalized spacial score (nSPS) is 36.8. The summed E-state index contributed by atoms with van der Waals surface area (Å²) in [7, 11) is 0. The maximum Gasteiger partial charge on any atom is 0.251 e. The van der Waals surface area contributed by atoms with Crippen LogP contribution in [0.1, 0.15) is 48.0 Å². The molecular weight excluding hydrogens is 265 g/mol. The first-order valence-electron chi connectivity index (χ1n) is 8.17. The number of hydrogen-bond donors (Lipinski definition) is 1. The average Bonchev–Trinajstić information content (AvgIpc) is 2.45. The van der Waals surface area contributed by atoms with Crippen molar-refractivity contribution < 1.29 is 9.18 Å². The Morgan fingerprint density at radius 2 is 1.71 bits per heavy atom. The van der Waals surface area contributed by atoms with Crippen molar-refractivity contribution in [1.29, 1.82) is 0 Å². The van der Waals surface area contributed by atoms with Crippen LogP contribution in [-0.4, -0.2) is 11.9 Å². The van der Waals surface area contributed by atoms with Crippen LogP contribution in [0.15, 0.2) is 18.2 Å². The van der Waals surface area contributed by atoms with Crippen molar-refractivity contribution >= 4 is 5.91 Å². The van der Waals surface area contributed by atoms with Crippen molar-refractivity contribution in [1.82, 2.24) is 5.32 Å². The molecule has 1 aromatic carbocycles. The van der Waals surface area contributed by atoms with E-state index in [9.17, 15) is 9.18 Å². The Morgan fingerprint density at radius 1 is 1.10 bits per heavy atom. The van der Waals surface area contributed by atoms with Crippen molar-refractivity contribution in [2.45, 2.75) is 45.1 Å². The summed E-state index contributed by atoms with van der Waals surface area (Å²) in [4.78, 5) is 12.5. The first-order chi connectivity index (χ1) is 10.1. The van der Waals surface area contributed by atoms with E-state index in [4.69, 9.17) is 0 Å². The van der Waals surface area contributed by atoms with Gasteiger partial charge in [0, 0.05) is 11.6 Å². The minimum atomic E-state index is -0.249. The van der Waals surface area contributed by atoms with Gasteiger partial charge in [-0.1, -0.05) is 0 Å². The Hall–Kier alpha value is -1.38. The van der Waals surface area contributed by atoms with Crippen LogP contribution in [0.2, 0.25) is 0 Å². The molecule has 4 saturated carbocycles. The molecule has 0 saturated heterocycles. The van der Waals surface area contributed by atoms with Crippen molar-refractivity contribution in [2.24, 2.45) is 23.7 Å². The van der Waals surface area contributed by atoms with E-state index in [-0.39, 0.29) is 11.7 Å². The fourth-order valence-corrected chi connectivity index (χ4v) is 5.18. The molecule has 0 unspecified atom stereocenters. The Labute approximate surface area is 125 Å². The molecule has 4 aliphatic rings. The van der Waals surface area contributed by atoms with Gasteiger partial charge in [-0.05, 0) is 86.5 Å². The molecule has 4 aliphatic carbocycles. The maximum absolute atomic E-state index is 13.3. The molecule has 3 heteroatoms. The molecule has 4 fully saturated rings. The van der Waals surface area contributed by atoms with Crippen LogP contribution in [0.25, 0.3) is 0 Å². The smallest absolute Gasteiger partial charge is 0.251 e. The fraction of sp³-hybridized carbons (Fsp3) is 0.611. The lowest BCUT2D eigenvalue weighted by atomic mass is 9.54. The molecule has 5 rings (SSSR count). The minimum absolute atomic E-state index is 0.0319. The lowest BCUT2D eigenvalue weighted by Crippen LogP contribution is -2.55. The van der Waals surface area contributed by atoms with E-state index >= 15 is 0 Å². The number of benzene rings is 1. The molecule has 0 atom stereocenters. The van der Waals surface area contributed by atoms with Crippen LogP contribution in [0.3, 0.4) is 0 Å². The van der Waals surface area contributed by atoms with Gasteiger partial charge < -0.3 is 5.32 Å². The lowest BCUT2D eigenvalue weighted by Gasteiger charge is -2.54. The minimum Gasteiger partial charge on any atom is -0.349 e. The van der Waals surface area contributed by atoms with Gasteiger partial charge in [-0.25, -0.2) is 4.39 Å². The average molecular weight is 287 g/mol. The summed E-state index contributed by atoms with van der Waals surface area (Å²) < 4.78 is 13.3. The molecular formula is C18H22FNO. The van der Waals surface area contributed by atoms with Gasteiger partial charge in [0.1, 0.15) is 5.82 Å². The van der Waals surface area contributed by atoms with Gasteiger partial charge in [-0.3, -0.25) is 4.79 Å². The van der Waals surface area contributed by atoms with E-state index in [1.165, 1.54) is 38.2 Å². The first-order valence-corrected chi connectivity index (χ1v) is 8.17. The molecule has 0 aromatic heterocycles. The quantitative estimate of drug-likeness (QED) is 0.883. The number of carbonyl (C=O) groups excluding carboxylic acids is 1. The van der Waals surface area contributed by atoms with E-state index in [2.05, 4.69) is 5.32 Å². The third-order valence-corrected chi connectivity index (χ3v) is 5.94. The molecule has 0 spiro atoms. The first kappa shape index (κ1) is 13.3. The largest absolute Gasteiger partial charge is 0.349 e. The Kier molecular flexibility index (Phi) is 3.05. The highest BCUT2D eigenvalue weighted by molar-refractivity contribution is 5.94. The molecule has 0 heterocycles. The van der Waals surface area contributed by atoms with Gasteiger partial charge in [0.15, 0.2) is 0 Å². The van der Waals surface area contributed by atoms with Gasteiger partial charge in [0.05, 0.1) is 0 Å². The second kappa shape index (κ2) is 4.82. The highest BCUT2D eigenvalue weighted by Gasteiger charge is 2.48. The van der Waals surface area contributed by atoms with Crippen LogP contribution in [0.5, 0.6) is 0 Å². The summed E-state index contributed by atoms with van der Waals surface area (Å²) >= 11 is 0. The number of hydrogen-bond acceptors (Lipinski definition) is 1. The standard InChI is InChI=1S/C18H22FNO/c1-10-4-13(2-3-16(10)19)18(21)20-17-14-6-11-5-12(8-14)9-15(17)7-11/h2-4,11-12,14-15,17H,5-9H2,1H3,(H,20,21). The zero-order valence-electron chi connectivity index (χ0n) is 12.4. The summed E-state index contributed by atoms with van der Waals surface area (Å²) in [5, 5.41) is 3.26. The Bertz CT molecular complexity index is 555. The zero-order valence-corrected chi connectivity index (χ0v) is 12.4. The highest BCUT2D eigenvalue weighted by Crippen LogP contribution is 2.53. The molecule has 1 N–H and O–H groups in total. The van der Waals surface area contributed by atoms with E-state index in [1.54, 1.807) is 19.1 Å². The Morgan fingerprint density at radius 3 is 2.29 bits per heavy atom. The predicted octanol–water partition coefficient (Wildman–Crippen LogP) is 3.69. The van der Waals surface area contributed by atoms with Crippen molar-refractivity contribution in [3.63, 3.8) is 0 Å². The third-order valence-electron chi connectivity index (χ3n) is 5.94. The van der Waals surface area contributed by atoms with E-state index in [0.717, 1.165) is 11.8 Å². The van der Waals surface area contributed by atoms with Crippen molar-refractivity contribution in [2.75, 3.05) is 0 Å². The maximum atomic E-state index is 13.3. The SMILES string of the molecule is Cc1cc(C(=O)NC2C3CC4CC(C3)CC2C4)ccc1F. The van der Waals surface area contributed by atoms with Gasteiger partial charge in [-0.2, -0.15) is 0 Å². The summed E-state index contributed by atoms with van der Waals surface area (Å²) in [5.74, 6) is 2.89. The number of halogens is 1. The van der Waals surface area contributed by atoms with Crippen LogP contribution < -0.4 is 5.32 Å². The molecule has 1 aromatic rings. The molecule has 1 amide bonds. The molecule has 21 heavy (non-hydrogen) atoms. The molecule has 0 aliphatic heterocycles.